The van der Waals surface area contributed by atoms with Gasteiger partial charge in [0.15, 0.2) is 0 Å². The average molecular weight is 184 g/mol. The lowest BCUT2D eigenvalue weighted by Crippen LogP contribution is -2.23. The van der Waals surface area contributed by atoms with Gasteiger partial charge >= 0.3 is 5.97 Å². The van der Waals surface area contributed by atoms with Crippen LogP contribution in [0.25, 0.3) is 0 Å². The van der Waals surface area contributed by atoms with E-state index in [0.717, 1.165) is 19.4 Å². The molecule has 0 radical (unpaired) electrons. The van der Waals surface area contributed by atoms with Gasteiger partial charge in [0.25, 0.3) is 0 Å². The Morgan fingerprint density at radius 3 is 2.85 bits per heavy atom. The lowest BCUT2D eigenvalue weighted by Gasteiger charge is -2.25. The summed E-state index contributed by atoms with van der Waals surface area (Å²) in [5.41, 5.74) is 0.374. The Kier molecular flexibility index (Phi) is 3.48. The van der Waals surface area contributed by atoms with E-state index in [2.05, 4.69) is 6.92 Å². The Balaban J connectivity index is 2.52. The van der Waals surface area contributed by atoms with Crippen molar-refractivity contribution in [1.82, 2.24) is 0 Å². The third-order valence-electron chi connectivity index (χ3n) is 2.35. The molecular weight excluding hydrogens is 168 g/mol. The zero-order valence-corrected chi connectivity index (χ0v) is 8.12. The zero-order chi connectivity index (χ0) is 9.84. The van der Waals surface area contributed by atoms with Crippen molar-refractivity contribution in [3.8, 4) is 0 Å². The smallest absolute Gasteiger partial charge is 0.331 e. The summed E-state index contributed by atoms with van der Waals surface area (Å²) in [6.45, 7) is 4.51. The molecule has 1 fully saturated rings. The minimum absolute atomic E-state index is 0.000139. The van der Waals surface area contributed by atoms with Crippen LogP contribution in [0.1, 0.15) is 26.7 Å². The summed E-state index contributed by atoms with van der Waals surface area (Å²) in [5, 5.41) is 8.65. The van der Waals surface area contributed by atoms with E-state index in [1.165, 1.54) is 0 Å². The molecule has 13 heavy (non-hydrogen) atoms. The first kappa shape index (κ1) is 10.3. The summed E-state index contributed by atoms with van der Waals surface area (Å²) in [6, 6.07) is 0. The van der Waals surface area contributed by atoms with Gasteiger partial charge in [-0.25, -0.2) is 4.79 Å². The number of ether oxygens (including phenoxy) is 1. The van der Waals surface area contributed by atoms with Crippen LogP contribution in [-0.2, 0) is 9.53 Å². The van der Waals surface area contributed by atoms with Crippen molar-refractivity contribution in [2.75, 3.05) is 6.61 Å². The van der Waals surface area contributed by atoms with Crippen LogP contribution < -0.4 is 0 Å². The maximum Gasteiger partial charge on any atom is 0.331 e. The number of hydrogen-bond donors (Lipinski definition) is 1. The lowest BCUT2D eigenvalue weighted by atomic mass is 9.96. The van der Waals surface area contributed by atoms with Gasteiger partial charge in [-0.05, 0) is 31.8 Å². The number of carboxylic acid groups (broad SMARTS) is 1. The molecule has 0 amide bonds. The van der Waals surface area contributed by atoms with Crippen LogP contribution in [0.4, 0.5) is 0 Å². The maximum atomic E-state index is 10.5. The third kappa shape index (κ3) is 3.19. The third-order valence-corrected chi connectivity index (χ3v) is 2.35. The standard InChI is InChI=1S/C10H16O3/c1-7-3-4-13-9(5-7)6-8(2)10(11)12/h6-7,9H,3-5H2,1-2H3,(H,11,12)/b8-6+/t7-,9+/m0/s1. The molecule has 1 heterocycles. The monoisotopic (exact) mass is 184 g/mol. The average Bonchev–Trinajstić information content (AvgIpc) is 2.04. The highest BCUT2D eigenvalue weighted by Gasteiger charge is 2.18. The maximum absolute atomic E-state index is 10.5. The van der Waals surface area contributed by atoms with Crippen LogP contribution in [-0.4, -0.2) is 23.8 Å². The van der Waals surface area contributed by atoms with Gasteiger partial charge in [-0.2, -0.15) is 0 Å². The number of carboxylic acids is 1. The lowest BCUT2D eigenvalue weighted by molar-refractivity contribution is -0.132. The molecule has 1 N–H and O–H groups in total. The fourth-order valence-corrected chi connectivity index (χ4v) is 1.47. The van der Waals surface area contributed by atoms with E-state index in [0.29, 0.717) is 11.5 Å². The van der Waals surface area contributed by atoms with Gasteiger partial charge in [0, 0.05) is 12.2 Å². The van der Waals surface area contributed by atoms with E-state index >= 15 is 0 Å². The first-order chi connectivity index (χ1) is 6.09. The van der Waals surface area contributed by atoms with Crippen LogP contribution in [0.3, 0.4) is 0 Å². The molecule has 0 aromatic heterocycles. The first-order valence-electron chi connectivity index (χ1n) is 4.63. The summed E-state index contributed by atoms with van der Waals surface area (Å²) in [4.78, 5) is 10.5. The molecular formula is C10H16O3. The van der Waals surface area contributed by atoms with Crippen molar-refractivity contribution in [3.05, 3.63) is 11.6 Å². The molecule has 1 saturated heterocycles. The van der Waals surface area contributed by atoms with Crippen molar-refractivity contribution in [2.24, 2.45) is 5.92 Å². The predicted molar refractivity (Wildman–Crippen MR) is 49.5 cm³/mol. The SMILES string of the molecule is C/C(=C\[C@H]1C[C@@H](C)CCO1)C(=O)O. The van der Waals surface area contributed by atoms with Gasteiger partial charge in [-0.15, -0.1) is 0 Å². The molecule has 0 spiro atoms. The predicted octanol–water partition coefficient (Wildman–Crippen LogP) is 1.83. The quantitative estimate of drug-likeness (QED) is 0.666. The normalized spacial score (nSPS) is 30.2. The van der Waals surface area contributed by atoms with Crippen molar-refractivity contribution in [1.29, 1.82) is 0 Å². The molecule has 1 aliphatic heterocycles. The summed E-state index contributed by atoms with van der Waals surface area (Å²) in [6.07, 6.45) is 3.72. The van der Waals surface area contributed by atoms with Gasteiger partial charge in [0.1, 0.15) is 0 Å². The molecule has 0 bridgehead atoms. The summed E-state index contributed by atoms with van der Waals surface area (Å²) < 4.78 is 5.43. The minimum atomic E-state index is -0.859. The van der Waals surface area contributed by atoms with Crippen molar-refractivity contribution in [3.63, 3.8) is 0 Å². The largest absolute Gasteiger partial charge is 0.478 e. The second kappa shape index (κ2) is 4.42. The minimum Gasteiger partial charge on any atom is -0.478 e. The fraction of sp³-hybridized carbons (Fsp3) is 0.700. The number of aliphatic carboxylic acids is 1. The van der Waals surface area contributed by atoms with Gasteiger partial charge in [-0.1, -0.05) is 6.92 Å². The van der Waals surface area contributed by atoms with E-state index < -0.39 is 5.97 Å². The summed E-state index contributed by atoms with van der Waals surface area (Å²) >= 11 is 0. The van der Waals surface area contributed by atoms with Crippen LogP contribution in [0, 0.1) is 5.92 Å². The van der Waals surface area contributed by atoms with Crippen molar-refractivity contribution in [2.45, 2.75) is 32.8 Å². The van der Waals surface area contributed by atoms with Gasteiger partial charge in [0.2, 0.25) is 0 Å². The molecule has 1 aliphatic rings. The Bertz CT molecular complexity index is 220. The molecule has 3 heteroatoms. The van der Waals surface area contributed by atoms with Gasteiger partial charge < -0.3 is 9.84 Å². The van der Waals surface area contributed by atoms with Gasteiger partial charge in [-0.3, -0.25) is 0 Å². The highest BCUT2D eigenvalue weighted by atomic mass is 16.5. The number of carbonyl (C=O) groups is 1. The topological polar surface area (TPSA) is 46.5 Å². The fourth-order valence-electron chi connectivity index (χ4n) is 1.47. The Morgan fingerprint density at radius 2 is 2.31 bits per heavy atom. The Morgan fingerprint density at radius 1 is 1.62 bits per heavy atom. The van der Waals surface area contributed by atoms with Crippen LogP contribution in [0.5, 0.6) is 0 Å². The summed E-state index contributed by atoms with van der Waals surface area (Å²) in [5.74, 6) is -0.224. The second-order valence-electron chi connectivity index (χ2n) is 3.69. The molecule has 74 valence electrons. The van der Waals surface area contributed by atoms with Crippen LogP contribution in [0.2, 0.25) is 0 Å². The number of hydrogen-bond acceptors (Lipinski definition) is 2. The molecule has 1 rings (SSSR count). The molecule has 0 saturated carbocycles. The molecule has 0 aliphatic carbocycles. The highest BCUT2D eigenvalue weighted by Crippen LogP contribution is 2.20. The van der Waals surface area contributed by atoms with E-state index in [1.54, 1.807) is 13.0 Å². The highest BCUT2D eigenvalue weighted by molar-refractivity contribution is 5.85. The molecule has 0 unspecified atom stereocenters. The number of rotatable bonds is 2. The summed E-state index contributed by atoms with van der Waals surface area (Å²) in [7, 11) is 0. The van der Waals surface area contributed by atoms with E-state index in [9.17, 15) is 4.79 Å². The zero-order valence-electron chi connectivity index (χ0n) is 8.12. The van der Waals surface area contributed by atoms with E-state index in [-0.39, 0.29) is 6.10 Å². The van der Waals surface area contributed by atoms with Gasteiger partial charge in [0.05, 0.1) is 6.10 Å². The molecule has 2 atom stereocenters. The Labute approximate surface area is 78.4 Å². The van der Waals surface area contributed by atoms with E-state index in [1.807, 2.05) is 0 Å². The Hall–Kier alpha value is -0.830. The van der Waals surface area contributed by atoms with Crippen LogP contribution in [0.15, 0.2) is 11.6 Å². The molecule has 0 aromatic rings. The van der Waals surface area contributed by atoms with Crippen LogP contribution >= 0.6 is 0 Å². The molecule has 3 nitrogen and oxygen atoms in total. The first-order valence-corrected chi connectivity index (χ1v) is 4.63. The molecule has 0 aromatic carbocycles. The van der Waals surface area contributed by atoms with E-state index in [4.69, 9.17) is 9.84 Å². The van der Waals surface area contributed by atoms with Crippen molar-refractivity contribution >= 4 is 5.97 Å². The van der Waals surface area contributed by atoms with Crippen molar-refractivity contribution < 1.29 is 14.6 Å². The second-order valence-corrected chi connectivity index (χ2v) is 3.69.